The Bertz CT molecular complexity index is 1700. The van der Waals surface area contributed by atoms with Crippen LogP contribution in [0.2, 0.25) is 0 Å². The SMILES string of the molecule is C[C@@H]1NC(=O)c2cc(on2)CN(C(=O)c2ccccn2)CCNC(=O)[C@@H](Cc2ccccc2)NC(=O)[C@H](Cc2ccccc2)NC1=O. The molecule has 0 unspecified atom stereocenters. The maximum Gasteiger partial charge on any atom is 0.274 e. The van der Waals surface area contributed by atoms with Crippen molar-refractivity contribution in [2.75, 3.05) is 13.1 Å². The minimum absolute atomic E-state index is 0.0295. The highest BCUT2D eigenvalue weighted by molar-refractivity contribution is 5.98. The van der Waals surface area contributed by atoms with Crippen molar-refractivity contribution >= 4 is 29.5 Å². The van der Waals surface area contributed by atoms with Crippen LogP contribution in [0.1, 0.15) is 44.8 Å². The van der Waals surface area contributed by atoms with E-state index in [4.69, 9.17) is 4.52 Å². The molecule has 0 aliphatic carbocycles. The number of hydrogen-bond acceptors (Lipinski definition) is 8. The number of benzene rings is 2. The molecule has 0 spiro atoms. The summed E-state index contributed by atoms with van der Waals surface area (Å²) in [4.78, 5) is 72.6. The van der Waals surface area contributed by atoms with Crippen molar-refractivity contribution < 1.29 is 28.5 Å². The van der Waals surface area contributed by atoms with E-state index in [2.05, 4.69) is 31.4 Å². The van der Waals surface area contributed by atoms with Gasteiger partial charge in [0.15, 0.2) is 11.5 Å². The average molecular weight is 638 g/mol. The minimum atomic E-state index is -1.07. The first-order chi connectivity index (χ1) is 22.8. The third kappa shape index (κ3) is 8.87. The van der Waals surface area contributed by atoms with Crippen molar-refractivity contribution in [2.24, 2.45) is 0 Å². The lowest BCUT2D eigenvalue weighted by Crippen LogP contribution is -2.57. The Morgan fingerprint density at radius 1 is 0.809 bits per heavy atom. The van der Waals surface area contributed by atoms with Gasteiger partial charge in [0.2, 0.25) is 17.7 Å². The van der Waals surface area contributed by atoms with Crippen LogP contribution in [0.3, 0.4) is 0 Å². The number of nitrogens with one attached hydrogen (secondary N) is 4. The predicted molar refractivity (Wildman–Crippen MR) is 170 cm³/mol. The van der Waals surface area contributed by atoms with Gasteiger partial charge < -0.3 is 30.7 Å². The highest BCUT2D eigenvalue weighted by Crippen LogP contribution is 2.12. The minimum Gasteiger partial charge on any atom is -0.359 e. The molecule has 13 nitrogen and oxygen atoms in total. The molecule has 2 aromatic carbocycles. The third-order valence-electron chi connectivity index (χ3n) is 7.56. The van der Waals surface area contributed by atoms with Gasteiger partial charge in [-0.25, -0.2) is 0 Å². The highest BCUT2D eigenvalue weighted by atomic mass is 16.5. The molecule has 2 aromatic heterocycles. The first kappa shape index (κ1) is 32.5. The van der Waals surface area contributed by atoms with Crippen molar-refractivity contribution in [1.29, 1.82) is 0 Å². The fourth-order valence-corrected chi connectivity index (χ4v) is 5.05. The molecule has 0 saturated heterocycles. The average Bonchev–Trinajstić information content (AvgIpc) is 3.56. The molecule has 4 aromatic rings. The van der Waals surface area contributed by atoms with Gasteiger partial charge in [-0.2, -0.15) is 0 Å². The van der Waals surface area contributed by atoms with Crippen LogP contribution in [0.4, 0.5) is 0 Å². The number of amides is 5. The Balaban J connectivity index is 1.45. The topological polar surface area (TPSA) is 176 Å². The monoisotopic (exact) mass is 637 g/mol. The number of carbonyl (C=O) groups is 5. The second-order valence-corrected chi connectivity index (χ2v) is 11.1. The van der Waals surface area contributed by atoms with Crippen LogP contribution >= 0.6 is 0 Å². The highest BCUT2D eigenvalue weighted by Gasteiger charge is 2.30. The van der Waals surface area contributed by atoms with Crippen molar-refractivity contribution in [3.63, 3.8) is 0 Å². The summed E-state index contributed by atoms with van der Waals surface area (Å²) in [6.45, 7) is 1.48. The van der Waals surface area contributed by atoms with Gasteiger partial charge in [-0.15, -0.1) is 0 Å². The maximum absolute atomic E-state index is 13.8. The van der Waals surface area contributed by atoms with Crippen LogP contribution in [-0.2, 0) is 33.8 Å². The molecule has 0 fully saturated rings. The zero-order valence-corrected chi connectivity index (χ0v) is 25.7. The van der Waals surface area contributed by atoms with E-state index in [1.807, 2.05) is 60.7 Å². The van der Waals surface area contributed by atoms with Crippen LogP contribution in [0.5, 0.6) is 0 Å². The first-order valence-electron chi connectivity index (χ1n) is 15.2. The molecule has 5 rings (SSSR count). The Morgan fingerprint density at radius 2 is 1.43 bits per heavy atom. The molecule has 242 valence electrons. The summed E-state index contributed by atoms with van der Waals surface area (Å²) in [6.07, 6.45) is 1.80. The first-order valence-corrected chi connectivity index (χ1v) is 15.2. The van der Waals surface area contributed by atoms with Gasteiger partial charge >= 0.3 is 0 Å². The molecule has 13 heteroatoms. The molecule has 0 radical (unpaired) electrons. The summed E-state index contributed by atoms with van der Waals surface area (Å²) in [6, 6.07) is 21.5. The van der Waals surface area contributed by atoms with Gasteiger partial charge in [-0.1, -0.05) is 71.9 Å². The standard InChI is InChI=1S/C34H35N7O6/c1-22-30(42)38-28(19-24-12-6-3-7-13-24)32(44)39-27(18-23-10-4-2-5-11-23)31(43)36-16-17-41(34(46)26-14-8-9-15-35-26)21-25-20-29(40-47-25)33(45)37-22/h2-15,20,22,27-28H,16-19,21H2,1H3,(H,36,43)(H,37,45)(H,38,42)(H,39,44)/t22-,27+,28-/m0/s1. The van der Waals surface area contributed by atoms with Crippen molar-refractivity contribution in [1.82, 2.24) is 36.3 Å². The number of carbonyl (C=O) groups excluding carboxylic acids is 5. The van der Waals surface area contributed by atoms with E-state index in [0.717, 1.165) is 11.1 Å². The predicted octanol–water partition coefficient (Wildman–Crippen LogP) is 1.42. The van der Waals surface area contributed by atoms with Crippen LogP contribution < -0.4 is 21.3 Å². The van der Waals surface area contributed by atoms with E-state index in [1.165, 1.54) is 24.1 Å². The van der Waals surface area contributed by atoms with Crippen molar-refractivity contribution in [3.8, 4) is 0 Å². The molecule has 1 aliphatic rings. The van der Waals surface area contributed by atoms with Crippen LogP contribution in [0.15, 0.2) is 95.6 Å². The molecular weight excluding hydrogens is 602 g/mol. The number of rotatable bonds is 5. The molecule has 1 aliphatic heterocycles. The van der Waals surface area contributed by atoms with Gasteiger partial charge in [0.05, 0.1) is 6.54 Å². The molecule has 4 N–H and O–H groups in total. The summed E-state index contributed by atoms with van der Waals surface area (Å²) >= 11 is 0. The lowest BCUT2D eigenvalue weighted by atomic mass is 10.0. The van der Waals surface area contributed by atoms with Gasteiger partial charge in [-0.3, -0.25) is 29.0 Å². The zero-order chi connectivity index (χ0) is 33.2. The normalized spacial score (nSPS) is 19.8. The van der Waals surface area contributed by atoms with E-state index in [9.17, 15) is 24.0 Å². The van der Waals surface area contributed by atoms with Crippen LogP contribution in [-0.4, -0.2) is 75.8 Å². The molecule has 3 atom stereocenters. The molecule has 2 bridgehead atoms. The molecule has 47 heavy (non-hydrogen) atoms. The van der Waals surface area contributed by atoms with E-state index in [1.54, 1.807) is 18.2 Å². The summed E-state index contributed by atoms with van der Waals surface area (Å²) < 4.78 is 5.36. The lowest BCUT2D eigenvalue weighted by molar-refractivity contribution is -0.132. The summed E-state index contributed by atoms with van der Waals surface area (Å²) in [5.41, 5.74) is 1.67. The largest absolute Gasteiger partial charge is 0.359 e. The molecule has 3 heterocycles. The summed E-state index contributed by atoms with van der Waals surface area (Å²) in [5, 5.41) is 14.8. The van der Waals surface area contributed by atoms with E-state index in [0.29, 0.717) is 0 Å². The van der Waals surface area contributed by atoms with E-state index >= 15 is 0 Å². The summed E-state index contributed by atoms with van der Waals surface area (Å²) in [7, 11) is 0. The molecular formula is C34H35N7O6. The van der Waals surface area contributed by atoms with Gasteiger partial charge in [0.25, 0.3) is 11.8 Å². The quantitative estimate of drug-likeness (QED) is 0.254. The Kier molecular flexibility index (Phi) is 10.7. The van der Waals surface area contributed by atoms with Crippen molar-refractivity contribution in [2.45, 2.75) is 44.4 Å². The Hall–Kier alpha value is -5.85. The van der Waals surface area contributed by atoms with E-state index < -0.39 is 47.7 Å². The number of nitrogens with zero attached hydrogens (tertiary/aromatic N) is 3. The molecule has 5 amide bonds. The molecule has 0 saturated carbocycles. The number of fused-ring (bicyclic) bond motifs is 2. The van der Waals surface area contributed by atoms with Crippen molar-refractivity contribution in [3.05, 3.63) is 119 Å². The second kappa shape index (κ2) is 15.4. The van der Waals surface area contributed by atoms with Gasteiger partial charge in [-0.05, 0) is 30.2 Å². The van der Waals surface area contributed by atoms with Crippen LogP contribution in [0, 0.1) is 0 Å². The fraction of sp³-hybridized carbons (Fsp3) is 0.265. The third-order valence-corrected chi connectivity index (χ3v) is 7.56. The Morgan fingerprint density at radius 3 is 2.06 bits per heavy atom. The summed E-state index contributed by atoms with van der Waals surface area (Å²) in [5.74, 6) is -2.56. The maximum atomic E-state index is 13.8. The number of aromatic nitrogens is 2. The number of hydrogen-bond donors (Lipinski definition) is 4. The van der Waals surface area contributed by atoms with Crippen LogP contribution in [0.25, 0.3) is 0 Å². The number of pyridine rings is 1. The smallest absolute Gasteiger partial charge is 0.274 e. The lowest BCUT2D eigenvalue weighted by Gasteiger charge is -2.25. The zero-order valence-electron chi connectivity index (χ0n) is 25.7. The Labute approximate surface area is 271 Å². The van der Waals surface area contributed by atoms with Gasteiger partial charge in [0.1, 0.15) is 23.8 Å². The van der Waals surface area contributed by atoms with E-state index in [-0.39, 0.29) is 49.6 Å². The second-order valence-electron chi connectivity index (χ2n) is 11.1. The fourth-order valence-electron chi connectivity index (χ4n) is 5.05. The van der Waals surface area contributed by atoms with Gasteiger partial charge in [0, 0.05) is 38.2 Å².